The van der Waals surface area contributed by atoms with Gasteiger partial charge in [-0.05, 0) is 36.5 Å². The van der Waals surface area contributed by atoms with Crippen LogP contribution in [0.1, 0.15) is 43.7 Å². The van der Waals surface area contributed by atoms with Crippen molar-refractivity contribution in [3.8, 4) is 0 Å². The van der Waals surface area contributed by atoms with Crippen LogP contribution in [0.2, 0.25) is 0 Å². The second-order valence-corrected chi connectivity index (χ2v) is 6.76. The fourth-order valence-corrected chi connectivity index (χ4v) is 3.70. The summed E-state index contributed by atoms with van der Waals surface area (Å²) in [5.74, 6) is -0.00133. The topological polar surface area (TPSA) is 29.1 Å². The van der Waals surface area contributed by atoms with E-state index in [1.54, 1.807) is 6.08 Å². The Hall–Kier alpha value is -2.35. The fraction of sp³-hybridized carbons (Fsp3) is 0.318. The number of hydrogen-bond acceptors (Lipinski definition) is 1. The second kappa shape index (κ2) is 7.48. The van der Waals surface area contributed by atoms with Crippen LogP contribution in [-0.2, 0) is 10.2 Å². The van der Waals surface area contributed by atoms with Crippen molar-refractivity contribution >= 4 is 11.5 Å². The van der Waals surface area contributed by atoms with E-state index in [0.29, 0.717) is 6.54 Å². The number of benzene rings is 2. The van der Waals surface area contributed by atoms with Crippen molar-refractivity contribution in [2.75, 3.05) is 6.54 Å². The Bertz CT molecular complexity index is 697. The van der Waals surface area contributed by atoms with Crippen LogP contribution in [0.5, 0.6) is 0 Å². The van der Waals surface area contributed by atoms with E-state index < -0.39 is 0 Å². The molecule has 2 nitrogen and oxygen atoms in total. The van der Waals surface area contributed by atoms with Crippen LogP contribution in [-0.4, -0.2) is 12.5 Å². The predicted octanol–water partition coefficient (Wildman–Crippen LogP) is 4.72. The molecular weight excluding hydrogens is 294 g/mol. The minimum Gasteiger partial charge on any atom is -0.352 e. The Morgan fingerprint density at radius 1 is 1.00 bits per heavy atom. The van der Waals surface area contributed by atoms with Crippen molar-refractivity contribution in [3.63, 3.8) is 0 Å². The lowest BCUT2D eigenvalue weighted by atomic mass is 9.79. The normalized spacial score (nSPS) is 16.8. The third kappa shape index (κ3) is 3.76. The maximum atomic E-state index is 12.4. The molecule has 0 aliphatic heterocycles. The van der Waals surface area contributed by atoms with Crippen molar-refractivity contribution < 1.29 is 4.79 Å². The summed E-state index contributed by atoms with van der Waals surface area (Å²) in [6.45, 7) is 2.70. The van der Waals surface area contributed by atoms with Crippen molar-refractivity contribution in [1.29, 1.82) is 0 Å². The summed E-state index contributed by atoms with van der Waals surface area (Å²) in [6, 6.07) is 20.7. The van der Waals surface area contributed by atoms with Gasteiger partial charge >= 0.3 is 0 Å². The molecule has 0 aromatic heterocycles. The first-order chi connectivity index (χ1) is 11.7. The van der Waals surface area contributed by atoms with Crippen molar-refractivity contribution in [2.45, 2.75) is 38.0 Å². The van der Waals surface area contributed by atoms with Crippen LogP contribution in [0.4, 0.5) is 0 Å². The smallest absolute Gasteiger partial charge is 0.244 e. The molecule has 124 valence electrons. The van der Waals surface area contributed by atoms with Gasteiger partial charge in [0.2, 0.25) is 5.91 Å². The Labute approximate surface area is 144 Å². The SMILES string of the molecule is C/C(=C\C(=O)NCC1(c2ccccc2)CCCC1)c1ccccc1. The molecule has 0 radical (unpaired) electrons. The Morgan fingerprint density at radius 2 is 1.58 bits per heavy atom. The molecule has 2 aromatic carbocycles. The summed E-state index contributed by atoms with van der Waals surface area (Å²) in [4.78, 5) is 12.4. The van der Waals surface area contributed by atoms with Crippen molar-refractivity contribution in [2.24, 2.45) is 0 Å². The Morgan fingerprint density at radius 3 is 2.21 bits per heavy atom. The summed E-state index contributed by atoms with van der Waals surface area (Å²) in [5, 5.41) is 3.15. The number of rotatable bonds is 5. The number of nitrogens with one attached hydrogen (secondary N) is 1. The molecule has 0 unspecified atom stereocenters. The molecule has 2 heteroatoms. The van der Waals surface area contributed by atoms with Crippen molar-refractivity contribution in [1.82, 2.24) is 5.32 Å². The molecule has 24 heavy (non-hydrogen) atoms. The van der Waals surface area contributed by atoms with Gasteiger partial charge in [-0.1, -0.05) is 73.5 Å². The first-order valence-electron chi connectivity index (χ1n) is 8.77. The largest absolute Gasteiger partial charge is 0.352 e. The molecule has 0 spiro atoms. The minimum atomic E-state index is -0.00133. The molecule has 1 amide bonds. The molecule has 2 aromatic rings. The van der Waals surface area contributed by atoms with Crippen molar-refractivity contribution in [3.05, 3.63) is 77.9 Å². The second-order valence-electron chi connectivity index (χ2n) is 6.76. The highest BCUT2D eigenvalue weighted by atomic mass is 16.1. The van der Waals surface area contributed by atoms with E-state index in [1.807, 2.05) is 37.3 Å². The number of amides is 1. The molecule has 0 atom stereocenters. The van der Waals surface area contributed by atoms with E-state index in [2.05, 4.69) is 35.6 Å². The zero-order chi connectivity index (χ0) is 16.8. The van der Waals surface area contributed by atoms with E-state index in [9.17, 15) is 4.79 Å². The first-order valence-corrected chi connectivity index (χ1v) is 8.77. The van der Waals surface area contributed by atoms with E-state index in [4.69, 9.17) is 0 Å². The quantitative estimate of drug-likeness (QED) is 0.794. The summed E-state index contributed by atoms with van der Waals surface area (Å²) in [5.41, 5.74) is 3.54. The highest BCUT2D eigenvalue weighted by Crippen LogP contribution is 2.40. The first kappa shape index (κ1) is 16.5. The third-order valence-corrected chi connectivity index (χ3v) is 5.12. The average molecular weight is 319 g/mol. The molecule has 1 fully saturated rings. The number of hydrogen-bond donors (Lipinski definition) is 1. The van der Waals surface area contributed by atoms with E-state index in [1.165, 1.54) is 18.4 Å². The van der Waals surface area contributed by atoms with Crippen LogP contribution in [0, 0.1) is 0 Å². The van der Waals surface area contributed by atoms with Gasteiger partial charge < -0.3 is 5.32 Å². The van der Waals surface area contributed by atoms with Gasteiger partial charge in [0, 0.05) is 18.0 Å². The number of allylic oxidation sites excluding steroid dienone is 1. The summed E-state index contributed by atoms with van der Waals surface area (Å²) in [6.07, 6.45) is 6.49. The zero-order valence-corrected chi connectivity index (χ0v) is 14.3. The monoisotopic (exact) mass is 319 g/mol. The van der Waals surface area contributed by atoms with E-state index >= 15 is 0 Å². The van der Waals surface area contributed by atoms with Gasteiger partial charge in [0.15, 0.2) is 0 Å². The number of carbonyl (C=O) groups excluding carboxylic acids is 1. The van der Waals surface area contributed by atoms with Crippen LogP contribution >= 0.6 is 0 Å². The van der Waals surface area contributed by atoms with E-state index in [0.717, 1.165) is 24.0 Å². The zero-order valence-electron chi connectivity index (χ0n) is 14.3. The lowest BCUT2D eigenvalue weighted by molar-refractivity contribution is -0.116. The molecule has 1 aliphatic rings. The third-order valence-electron chi connectivity index (χ3n) is 5.12. The van der Waals surface area contributed by atoms with Gasteiger partial charge in [-0.2, -0.15) is 0 Å². The van der Waals surface area contributed by atoms with Gasteiger partial charge in [0.25, 0.3) is 0 Å². The fourth-order valence-electron chi connectivity index (χ4n) is 3.70. The maximum Gasteiger partial charge on any atom is 0.244 e. The average Bonchev–Trinajstić information content (AvgIpc) is 3.12. The standard InChI is InChI=1S/C22H25NO/c1-18(19-10-4-2-5-11-19)16-21(24)23-17-22(14-8-9-15-22)20-12-6-3-7-13-20/h2-7,10-13,16H,8-9,14-15,17H2,1H3,(H,23,24)/b18-16+. The Kier molecular flexibility index (Phi) is 5.14. The van der Waals surface area contributed by atoms with Gasteiger partial charge in [-0.15, -0.1) is 0 Å². The Balaban J connectivity index is 1.68. The molecular formula is C22H25NO. The van der Waals surface area contributed by atoms with Crippen LogP contribution in [0.25, 0.3) is 5.57 Å². The minimum absolute atomic E-state index is 0.00133. The van der Waals surface area contributed by atoms with E-state index in [-0.39, 0.29) is 11.3 Å². The van der Waals surface area contributed by atoms with Crippen LogP contribution in [0.15, 0.2) is 66.7 Å². The molecule has 1 N–H and O–H groups in total. The highest BCUT2D eigenvalue weighted by Gasteiger charge is 2.35. The number of carbonyl (C=O) groups is 1. The molecule has 0 heterocycles. The van der Waals surface area contributed by atoms with Gasteiger partial charge in [-0.3, -0.25) is 4.79 Å². The predicted molar refractivity (Wildman–Crippen MR) is 99.7 cm³/mol. The molecule has 1 saturated carbocycles. The van der Waals surface area contributed by atoms with Gasteiger partial charge in [-0.25, -0.2) is 0 Å². The summed E-state index contributed by atoms with van der Waals surface area (Å²) in [7, 11) is 0. The van der Waals surface area contributed by atoms with Crippen LogP contribution < -0.4 is 5.32 Å². The molecule has 1 aliphatic carbocycles. The van der Waals surface area contributed by atoms with Gasteiger partial charge in [0.05, 0.1) is 0 Å². The highest BCUT2D eigenvalue weighted by molar-refractivity contribution is 5.94. The molecule has 3 rings (SSSR count). The molecule has 0 saturated heterocycles. The lowest BCUT2D eigenvalue weighted by Crippen LogP contribution is -2.38. The lowest BCUT2D eigenvalue weighted by Gasteiger charge is -2.29. The van der Waals surface area contributed by atoms with Crippen LogP contribution in [0.3, 0.4) is 0 Å². The molecule has 0 bridgehead atoms. The summed E-state index contributed by atoms with van der Waals surface area (Å²) >= 11 is 0. The maximum absolute atomic E-state index is 12.4. The summed E-state index contributed by atoms with van der Waals surface area (Å²) < 4.78 is 0. The van der Waals surface area contributed by atoms with Gasteiger partial charge in [0.1, 0.15) is 0 Å².